The Balaban J connectivity index is 1.70. The molecular weight excluding hydrogens is 605 g/mol. The lowest BCUT2D eigenvalue weighted by Crippen LogP contribution is -2.53. The first kappa shape index (κ1) is 31.2. The maximum Gasteiger partial charge on any atom is 0.264 e. The lowest BCUT2D eigenvalue weighted by Gasteiger charge is -2.33. The van der Waals surface area contributed by atoms with E-state index in [1.807, 2.05) is 0 Å². The Morgan fingerprint density at radius 3 is 2.29 bits per heavy atom. The van der Waals surface area contributed by atoms with Gasteiger partial charge in [0.25, 0.3) is 10.0 Å². The Hall–Kier alpha value is -2.78. The zero-order valence-corrected chi connectivity index (χ0v) is 25.7. The Kier molecular flexibility index (Phi) is 10.6. The van der Waals surface area contributed by atoms with E-state index in [0.29, 0.717) is 10.6 Å². The molecule has 218 valence electrons. The van der Waals surface area contributed by atoms with E-state index in [0.717, 1.165) is 36.4 Å². The predicted molar refractivity (Wildman–Crippen MR) is 164 cm³/mol. The summed E-state index contributed by atoms with van der Waals surface area (Å²) >= 11 is 18.9. The number of halogens is 3. The van der Waals surface area contributed by atoms with Crippen molar-refractivity contribution in [3.8, 4) is 0 Å². The minimum absolute atomic E-state index is 0.00838. The van der Waals surface area contributed by atoms with Crippen molar-refractivity contribution >= 4 is 62.3 Å². The van der Waals surface area contributed by atoms with E-state index in [1.54, 1.807) is 55.5 Å². The monoisotopic (exact) mass is 635 g/mol. The normalized spacial score (nSPS) is 14.7. The third kappa shape index (κ3) is 7.74. The molecule has 41 heavy (non-hydrogen) atoms. The van der Waals surface area contributed by atoms with E-state index < -0.39 is 28.5 Å². The van der Waals surface area contributed by atoms with E-state index in [4.69, 9.17) is 34.8 Å². The second-order valence-corrected chi connectivity index (χ2v) is 13.2. The number of carbonyl (C=O) groups excluding carboxylic acids is 2. The molecule has 0 radical (unpaired) electrons. The highest BCUT2D eigenvalue weighted by Crippen LogP contribution is 2.35. The van der Waals surface area contributed by atoms with Gasteiger partial charge in [-0.15, -0.1) is 0 Å². The van der Waals surface area contributed by atoms with Gasteiger partial charge in [0.15, 0.2) is 0 Å². The highest BCUT2D eigenvalue weighted by atomic mass is 35.5. The molecule has 0 saturated heterocycles. The molecule has 0 aromatic heterocycles. The van der Waals surface area contributed by atoms with Crippen LogP contribution in [0.2, 0.25) is 15.1 Å². The minimum atomic E-state index is -4.25. The summed E-state index contributed by atoms with van der Waals surface area (Å²) in [5.74, 6) is -0.891. The van der Waals surface area contributed by atoms with Crippen LogP contribution in [-0.4, -0.2) is 43.8 Å². The van der Waals surface area contributed by atoms with Gasteiger partial charge in [-0.1, -0.05) is 90.5 Å². The average molecular weight is 637 g/mol. The summed E-state index contributed by atoms with van der Waals surface area (Å²) in [5.41, 5.74) is 0.750. The first-order valence-corrected chi connectivity index (χ1v) is 16.0. The average Bonchev–Trinajstić information content (AvgIpc) is 2.97. The molecule has 1 atom stereocenters. The number of hydrogen-bond acceptors (Lipinski definition) is 4. The molecule has 7 nitrogen and oxygen atoms in total. The molecule has 11 heteroatoms. The zero-order valence-electron chi connectivity index (χ0n) is 22.6. The number of carbonyl (C=O) groups is 2. The fourth-order valence-electron chi connectivity index (χ4n) is 4.90. The lowest BCUT2D eigenvalue weighted by molar-refractivity contribution is -0.139. The molecule has 1 fully saturated rings. The molecule has 1 N–H and O–H groups in total. The summed E-state index contributed by atoms with van der Waals surface area (Å²) in [6, 6.07) is 18.5. The summed E-state index contributed by atoms with van der Waals surface area (Å²) in [6.45, 7) is 1.07. The van der Waals surface area contributed by atoms with E-state index >= 15 is 0 Å². The maximum atomic E-state index is 14.1. The van der Waals surface area contributed by atoms with Crippen LogP contribution in [0.5, 0.6) is 0 Å². The molecule has 2 amide bonds. The molecule has 0 bridgehead atoms. The topological polar surface area (TPSA) is 86.8 Å². The first-order chi connectivity index (χ1) is 19.6. The largest absolute Gasteiger partial charge is 0.352 e. The van der Waals surface area contributed by atoms with E-state index in [2.05, 4.69) is 5.32 Å². The van der Waals surface area contributed by atoms with Gasteiger partial charge in [0.1, 0.15) is 12.6 Å². The minimum Gasteiger partial charge on any atom is -0.352 e. The van der Waals surface area contributed by atoms with Gasteiger partial charge in [0.2, 0.25) is 11.8 Å². The van der Waals surface area contributed by atoms with Gasteiger partial charge in [-0.2, -0.15) is 0 Å². The maximum absolute atomic E-state index is 14.1. The molecule has 0 unspecified atom stereocenters. The Morgan fingerprint density at radius 1 is 0.927 bits per heavy atom. The van der Waals surface area contributed by atoms with Crippen molar-refractivity contribution in [1.82, 2.24) is 10.2 Å². The van der Waals surface area contributed by atoms with E-state index in [-0.39, 0.29) is 39.1 Å². The van der Waals surface area contributed by atoms with Crippen molar-refractivity contribution < 1.29 is 18.0 Å². The smallest absolute Gasteiger partial charge is 0.264 e. The van der Waals surface area contributed by atoms with Crippen molar-refractivity contribution in [2.45, 2.75) is 62.6 Å². The number of anilines is 1. The zero-order chi connectivity index (χ0) is 29.6. The molecule has 0 aliphatic heterocycles. The van der Waals surface area contributed by atoms with Crippen molar-refractivity contribution in [1.29, 1.82) is 0 Å². The summed E-state index contributed by atoms with van der Waals surface area (Å²) in [4.78, 5) is 28.8. The number of sulfonamides is 1. The molecule has 1 aliphatic carbocycles. The third-order valence-electron chi connectivity index (χ3n) is 7.17. The Morgan fingerprint density at radius 2 is 1.61 bits per heavy atom. The third-order valence-corrected chi connectivity index (χ3v) is 9.99. The molecule has 3 aromatic carbocycles. The van der Waals surface area contributed by atoms with Gasteiger partial charge in [0, 0.05) is 17.6 Å². The van der Waals surface area contributed by atoms with Gasteiger partial charge >= 0.3 is 0 Å². The quantitative estimate of drug-likeness (QED) is 0.268. The van der Waals surface area contributed by atoms with Crippen molar-refractivity contribution in [2.24, 2.45) is 0 Å². The highest BCUT2D eigenvalue weighted by Gasteiger charge is 2.34. The van der Waals surface area contributed by atoms with Gasteiger partial charge in [-0.05, 0) is 61.7 Å². The van der Waals surface area contributed by atoms with Crippen LogP contribution in [0.15, 0.2) is 77.7 Å². The molecule has 0 heterocycles. The molecule has 1 saturated carbocycles. The standard InChI is InChI=1S/C30H32Cl3N3O4S/c1-21(30(38)34-24-12-4-2-5-13-24)35(19-22-10-8-11-23(31)18-22)28(37)20-36(27-17-9-16-26(32)29(27)33)41(39,40)25-14-6-3-7-15-25/h3,6-11,14-18,21,24H,2,4-5,12-13,19-20H2,1H3,(H,34,38)/t21-/m0/s1. The van der Waals surface area contributed by atoms with E-state index in [1.165, 1.54) is 29.2 Å². The molecule has 0 spiro atoms. The summed E-state index contributed by atoms with van der Waals surface area (Å²) in [6.07, 6.45) is 4.99. The van der Waals surface area contributed by atoms with Crippen LogP contribution in [0.3, 0.4) is 0 Å². The molecule has 4 rings (SSSR count). The second kappa shape index (κ2) is 13.9. The molecule has 3 aromatic rings. The van der Waals surface area contributed by atoms with Crippen LogP contribution < -0.4 is 9.62 Å². The van der Waals surface area contributed by atoms with Crippen LogP contribution in [0, 0.1) is 0 Å². The Bertz CT molecular complexity index is 1480. The van der Waals surface area contributed by atoms with Crippen molar-refractivity contribution in [2.75, 3.05) is 10.8 Å². The summed E-state index contributed by atoms with van der Waals surface area (Å²) in [5, 5.41) is 3.69. The van der Waals surface area contributed by atoms with Crippen LogP contribution in [-0.2, 0) is 26.2 Å². The highest BCUT2D eigenvalue weighted by molar-refractivity contribution is 7.92. The number of rotatable bonds is 10. The summed E-state index contributed by atoms with van der Waals surface area (Å²) in [7, 11) is -4.25. The number of benzene rings is 3. The first-order valence-electron chi connectivity index (χ1n) is 13.4. The lowest BCUT2D eigenvalue weighted by atomic mass is 9.95. The van der Waals surface area contributed by atoms with E-state index in [9.17, 15) is 18.0 Å². The van der Waals surface area contributed by atoms with Crippen LogP contribution in [0.1, 0.15) is 44.6 Å². The van der Waals surface area contributed by atoms with Gasteiger partial charge < -0.3 is 10.2 Å². The van der Waals surface area contributed by atoms with Crippen molar-refractivity contribution in [3.63, 3.8) is 0 Å². The number of nitrogens with one attached hydrogen (secondary N) is 1. The number of amides is 2. The van der Waals surface area contributed by atoms with Crippen LogP contribution in [0.25, 0.3) is 0 Å². The second-order valence-electron chi connectivity index (χ2n) is 10.1. The number of nitrogens with zero attached hydrogens (tertiary/aromatic N) is 2. The summed E-state index contributed by atoms with van der Waals surface area (Å²) < 4.78 is 28.7. The van der Waals surface area contributed by atoms with Gasteiger partial charge in [-0.3, -0.25) is 13.9 Å². The van der Waals surface area contributed by atoms with Crippen LogP contribution in [0.4, 0.5) is 5.69 Å². The Labute approximate surface area is 256 Å². The molecular formula is C30H32Cl3N3O4S. The van der Waals surface area contributed by atoms with Gasteiger partial charge in [-0.25, -0.2) is 8.42 Å². The SMILES string of the molecule is C[C@@H](C(=O)NC1CCCCC1)N(Cc1cccc(Cl)c1)C(=O)CN(c1cccc(Cl)c1Cl)S(=O)(=O)c1ccccc1. The fraction of sp³-hybridized carbons (Fsp3) is 0.333. The number of hydrogen-bond donors (Lipinski definition) is 1. The van der Waals surface area contributed by atoms with Gasteiger partial charge in [0.05, 0.1) is 20.6 Å². The molecule has 1 aliphatic rings. The predicted octanol–water partition coefficient (Wildman–Crippen LogP) is 6.71. The van der Waals surface area contributed by atoms with Crippen molar-refractivity contribution in [3.05, 3.63) is 93.4 Å². The fourth-order valence-corrected chi connectivity index (χ4v) is 7.01. The van der Waals surface area contributed by atoms with Crippen LogP contribution >= 0.6 is 34.8 Å².